The molecule has 0 atom stereocenters. The van der Waals surface area contributed by atoms with Gasteiger partial charge in [0, 0.05) is 22.9 Å². The van der Waals surface area contributed by atoms with Crippen molar-refractivity contribution >= 4 is 23.3 Å². The highest BCUT2D eigenvalue weighted by Crippen LogP contribution is 2.18. The third-order valence-electron chi connectivity index (χ3n) is 3.22. The maximum Gasteiger partial charge on any atom is 0.256 e. The highest BCUT2D eigenvalue weighted by atomic mass is 16.2. The molecule has 0 saturated heterocycles. The average Bonchev–Trinajstić information content (AvgIpc) is 2.49. The predicted octanol–water partition coefficient (Wildman–Crippen LogP) is 3.63. The Labute approximate surface area is 136 Å². The van der Waals surface area contributed by atoms with Gasteiger partial charge in [-0.2, -0.15) is 0 Å². The first-order chi connectivity index (χ1) is 10.8. The van der Waals surface area contributed by atoms with Gasteiger partial charge >= 0.3 is 0 Å². The lowest BCUT2D eigenvalue weighted by Crippen LogP contribution is -2.27. The molecule has 2 amide bonds. The second-order valence-corrected chi connectivity index (χ2v) is 6.46. The Balaban J connectivity index is 2.11. The Bertz CT molecular complexity index is 716. The molecule has 5 heteroatoms. The van der Waals surface area contributed by atoms with E-state index in [4.69, 9.17) is 0 Å². The number of rotatable bonds is 3. The number of hydrogen-bond acceptors (Lipinski definition) is 3. The van der Waals surface area contributed by atoms with Crippen LogP contribution in [0.1, 0.15) is 36.7 Å². The molecule has 0 spiro atoms. The third-order valence-corrected chi connectivity index (χ3v) is 3.22. The summed E-state index contributed by atoms with van der Waals surface area (Å²) in [5.41, 5.74) is 1.58. The van der Waals surface area contributed by atoms with Gasteiger partial charge in [0.25, 0.3) is 5.91 Å². The topological polar surface area (TPSA) is 71.1 Å². The second kappa shape index (κ2) is 6.60. The standard InChI is InChI=1S/C18H21N3O2/c1-12-8-9-15(19-11-12)21-16(22)13-6-5-7-14(10-13)20-17(23)18(2,3)4/h5-11H,1-4H3,(H,20,23)(H,19,21,22). The van der Waals surface area contributed by atoms with Gasteiger partial charge in [-0.15, -0.1) is 0 Å². The first-order valence-corrected chi connectivity index (χ1v) is 7.41. The van der Waals surface area contributed by atoms with Crippen LogP contribution in [0, 0.1) is 12.3 Å². The van der Waals surface area contributed by atoms with E-state index in [0.29, 0.717) is 17.1 Å². The van der Waals surface area contributed by atoms with Gasteiger partial charge in [0.1, 0.15) is 5.82 Å². The van der Waals surface area contributed by atoms with Gasteiger partial charge < -0.3 is 10.6 Å². The molecule has 0 aliphatic heterocycles. The monoisotopic (exact) mass is 311 g/mol. The molecule has 120 valence electrons. The molecule has 1 aromatic carbocycles. The number of hydrogen-bond donors (Lipinski definition) is 2. The molecule has 0 radical (unpaired) electrons. The quantitative estimate of drug-likeness (QED) is 0.909. The third kappa shape index (κ3) is 4.64. The number of aryl methyl sites for hydroxylation is 1. The maximum atomic E-state index is 12.3. The largest absolute Gasteiger partial charge is 0.326 e. The van der Waals surface area contributed by atoms with Crippen molar-refractivity contribution in [2.45, 2.75) is 27.7 Å². The number of carbonyl (C=O) groups is 2. The number of aromatic nitrogens is 1. The van der Waals surface area contributed by atoms with E-state index in [9.17, 15) is 9.59 Å². The summed E-state index contributed by atoms with van der Waals surface area (Å²) in [6.07, 6.45) is 1.69. The van der Waals surface area contributed by atoms with E-state index in [1.54, 1.807) is 36.5 Å². The zero-order valence-corrected chi connectivity index (χ0v) is 13.8. The summed E-state index contributed by atoms with van der Waals surface area (Å²) in [5, 5.41) is 5.55. The second-order valence-electron chi connectivity index (χ2n) is 6.46. The molecule has 0 unspecified atom stereocenters. The van der Waals surface area contributed by atoms with Crippen LogP contribution in [-0.4, -0.2) is 16.8 Å². The Morgan fingerprint density at radius 1 is 1.04 bits per heavy atom. The van der Waals surface area contributed by atoms with Crippen LogP contribution in [-0.2, 0) is 4.79 Å². The van der Waals surface area contributed by atoms with Crippen LogP contribution in [0.15, 0.2) is 42.6 Å². The lowest BCUT2D eigenvalue weighted by Gasteiger charge is -2.18. The number of nitrogens with one attached hydrogen (secondary N) is 2. The van der Waals surface area contributed by atoms with Crippen LogP contribution in [0.25, 0.3) is 0 Å². The van der Waals surface area contributed by atoms with Gasteiger partial charge in [-0.1, -0.05) is 32.9 Å². The number of anilines is 2. The molecule has 1 heterocycles. The zero-order valence-electron chi connectivity index (χ0n) is 13.8. The van der Waals surface area contributed by atoms with Crippen molar-refractivity contribution in [2.75, 3.05) is 10.6 Å². The summed E-state index contributed by atoms with van der Waals surface area (Å²) < 4.78 is 0. The van der Waals surface area contributed by atoms with E-state index in [0.717, 1.165) is 5.56 Å². The fourth-order valence-electron chi connectivity index (χ4n) is 1.79. The smallest absolute Gasteiger partial charge is 0.256 e. The fraction of sp³-hybridized carbons (Fsp3) is 0.278. The van der Waals surface area contributed by atoms with Gasteiger partial charge in [-0.3, -0.25) is 9.59 Å². The highest BCUT2D eigenvalue weighted by molar-refractivity contribution is 6.05. The lowest BCUT2D eigenvalue weighted by molar-refractivity contribution is -0.123. The SMILES string of the molecule is Cc1ccc(NC(=O)c2cccc(NC(=O)C(C)(C)C)c2)nc1. The van der Waals surface area contributed by atoms with Crippen molar-refractivity contribution in [2.24, 2.45) is 5.41 Å². The maximum absolute atomic E-state index is 12.3. The Morgan fingerprint density at radius 2 is 1.78 bits per heavy atom. The average molecular weight is 311 g/mol. The number of amides is 2. The van der Waals surface area contributed by atoms with Crippen molar-refractivity contribution in [3.05, 3.63) is 53.7 Å². The van der Waals surface area contributed by atoms with E-state index < -0.39 is 5.41 Å². The lowest BCUT2D eigenvalue weighted by atomic mass is 9.95. The van der Waals surface area contributed by atoms with Gasteiger partial charge in [-0.05, 0) is 36.8 Å². The van der Waals surface area contributed by atoms with Crippen LogP contribution >= 0.6 is 0 Å². The van der Waals surface area contributed by atoms with E-state index in [2.05, 4.69) is 15.6 Å². The summed E-state index contributed by atoms with van der Waals surface area (Å²) in [7, 11) is 0. The first-order valence-electron chi connectivity index (χ1n) is 7.41. The summed E-state index contributed by atoms with van der Waals surface area (Å²) in [6, 6.07) is 10.4. The van der Waals surface area contributed by atoms with Crippen LogP contribution < -0.4 is 10.6 Å². The molecule has 0 aliphatic carbocycles. The fourth-order valence-corrected chi connectivity index (χ4v) is 1.79. The minimum atomic E-state index is -0.496. The number of carbonyl (C=O) groups excluding carboxylic acids is 2. The van der Waals surface area contributed by atoms with E-state index in [-0.39, 0.29) is 11.8 Å². The van der Waals surface area contributed by atoms with Crippen LogP contribution in [0.3, 0.4) is 0 Å². The van der Waals surface area contributed by atoms with Crippen molar-refractivity contribution in [1.29, 1.82) is 0 Å². The van der Waals surface area contributed by atoms with E-state index in [1.165, 1.54) is 0 Å². The van der Waals surface area contributed by atoms with Crippen LogP contribution in [0.4, 0.5) is 11.5 Å². The summed E-state index contributed by atoms with van der Waals surface area (Å²) in [6.45, 7) is 7.44. The van der Waals surface area contributed by atoms with Gasteiger partial charge in [0.2, 0.25) is 5.91 Å². The molecule has 2 rings (SSSR count). The van der Waals surface area contributed by atoms with E-state index in [1.807, 2.05) is 33.8 Å². The molecule has 0 saturated carbocycles. The summed E-state index contributed by atoms with van der Waals surface area (Å²) in [5.74, 6) is 0.119. The Morgan fingerprint density at radius 3 is 2.39 bits per heavy atom. The molecule has 2 N–H and O–H groups in total. The van der Waals surface area contributed by atoms with Crippen molar-refractivity contribution in [3.8, 4) is 0 Å². The highest BCUT2D eigenvalue weighted by Gasteiger charge is 2.21. The minimum absolute atomic E-state index is 0.102. The van der Waals surface area contributed by atoms with Crippen LogP contribution in [0.5, 0.6) is 0 Å². The summed E-state index contributed by atoms with van der Waals surface area (Å²) >= 11 is 0. The molecule has 0 aliphatic rings. The zero-order chi connectivity index (χ0) is 17.0. The molecule has 1 aromatic heterocycles. The molecule has 0 bridgehead atoms. The number of nitrogens with zero attached hydrogens (tertiary/aromatic N) is 1. The van der Waals surface area contributed by atoms with Crippen molar-refractivity contribution in [3.63, 3.8) is 0 Å². The molecule has 2 aromatic rings. The van der Waals surface area contributed by atoms with Gasteiger partial charge in [-0.25, -0.2) is 4.98 Å². The molecule has 23 heavy (non-hydrogen) atoms. The number of benzene rings is 1. The predicted molar refractivity (Wildman–Crippen MR) is 91.5 cm³/mol. The van der Waals surface area contributed by atoms with Crippen molar-refractivity contribution in [1.82, 2.24) is 4.98 Å². The van der Waals surface area contributed by atoms with Crippen molar-refractivity contribution < 1.29 is 9.59 Å². The van der Waals surface area contributed by atoms with Gasteiger partial charge in [0.05, 0.1) is 0 Å². The van der Waals surface area contributed by atoms with Gasteiger partial charge in [0.15, 0.2) is 0 Å². The minimum Gasteiger partial charge on any atom is -0.326 e. The Kier molecular flexibility index (Phi) is 4.79. The molecule has 0 fully saturated rings. The normalized spacial score (nSPS) is 11.0. The first kappa shape index (κ1) is 16.7. The number of pyridine rings is 1. The van der Waals surface area contributed by atoms with E-state index >= 15 is 0 Å². The molecule has 5 nitrogen and oxygen atoms in total. The Hall–Kier alpha value is -2.69. The molecular formula is C18H21N3O2. The van der Waals surface area contributed by atoms with Crippen LogP contribution in [0.2, 0.25) is 0 Å². The summed E-state index contributed by atoms with van der Waals surface area (Å²) in [4.78, 5) is 28.4. The molecular weight excluding hydrogens is 290 g/mol.